The van der Waals surface area contributed by atoms with Gasteiger partial charge in [-0.1, -0.05) is 6.07 Å². The second-order valence-corrected chi connectivity index (χ2v) is 5.98. The summed E-state index contributed by atoms with van der Waals surface area (Å²) >= 11 is 0. The monoisotopic (exact) mass is 340 g/mol. The number of aryl methyl sites for hydroxylation is 1. The Morgan fingerprint density at radius 2 is 2.20 bits per heavy atom. The highest BCUT2D eigenvalue weighted by molar-refractivity contribution is 6.00. The molecule has 25 heavy (non-hydrogen) atoms. The molecule has 1 saturated heterocycles. The fourth-order valence-electron chi connectivity index (χ4n) is 2.84. The first-order chi connectivity index (χ1) is 12.1. The van der Waals surface area contributed by atoms with Crippen LogP contribution >= 0.6 is 0 Å². The third kappa shape index (κ3) is 3.93. The Balaban J connectivity index is 1.62. The average Bonchev–Trinajstić information content (AvgIpc) is 3.01. The number of anilines is 1. The van der Waals surface area contributed by atoms with Crippen LogP contribution in [0.3, 0.4) is 0 Å². The van der Waals surface area contributed by atoms with Gasteiger partial charge in [0.2, 0.25) is 11.8 Å². The number of methoxy groups -OCH3 is 1. The lowest BCUT2D eigenvalue weighted by molar-refractivity contribution is -0.126. The smallest absolute Gasteiger partial charge is 0.227 e. The number of nitrogens with zero attached hydrogens (tertiary/aromatic N) is 3. The van der Waals surface area contributed by atoms with Gasteiger partial charge in [-0.3, -0.25) is 9.59 Å². The SMILES string of the molecule is COc1cccc(N2CC(C(=O)NCc3cc(C)ncn3)CC2=O)c1. The zero-order chi connectivity index (χ0) is 17.8. The fourth-order valence-corrected chi connectivity index (χ4v) is 2.84. The third-order valence-electron chi connectivity index (χ3n) is 4.16. The molecule has 1 aromatic heterocycles. The first-order valence-electron chi connectivity index (χ1n) is 8.06. The van der Waals surface area contributed by atoms with Gasteiger partial charge in [-0.2, -0.15) is 0 Å². The first kappa shape index (κ1) is 16.9. The Kier molecular flexibility index (Phi) is 4.92. The van der Waals surface area contributed by atoms with Crippen LogP contribution in [0.5, 0.6) is 5.75 Å². The molecule has 1 atom stereocenters. The topological polar surface area (TPSA) is 84.4 Å². The van der Waals surface area contributed by atoms with Crippen LogP contribution < -0.4 is 15.0 Å². The lowest BCUT2D eigenvalue weighted by Gasteiger charge is -2.17. The molecule has 130 valence electrons. The van der Waals surface area contributed by atoms with Crippen molar-refractivity contribution >= 4 is 17.5 Å². The molecule has 3 rings (SSSR count). The van der Waals surface area contributed by atoms with Crippen molar-refractivity contribution in [1.82, 2.24) is 15.3 Å². The highest BCUT2D eigenvalue weighted by Crippen LogP contribution is 2.27. The summed E-state index contributed by atoms with van der Waals surface area (Å²) in [6.07, 6.45) is 1.67. The molecule has 7 nitrogen and oxygen atoms in total. The van der Waals surface area contributed by atoms with E-state index >= 15 is 0 Å². The van der Waals surface area contributed by atoms with Crippen LogP contribution in [0.4, 0.5) is 5.69 Å². The van der Waals surface area contributed by atoms with Gasteiger partial charge in [0, 0.05) is 30.4 Å². The van der Waals surface area contributed by atoms with Crippen LogP contribution in [0.1, 0.15) is 17.8 Å². The molecule has 1 aliphatic heterocycles. The highest BCUT2D eigenvalue weighted by atomic mass is 16.5. The number of aromatic nitrogens is 2. The van der Waals surface area contributed by atoms with Crippen molar-refractivity contribution < 1.29 is 14.3 Å². The Morgan fingerprint density at radius 3 is 2.96 bits per heavy atom. The number of amides is 2. The van der Waals surface area contributed by atoms with Crippen LogP contribution in [0.2, 0.25) is 0 Å². The van der Waals surface area contributed by atoms with E-state index in [1.165, 1.54) is 6.33 Å². The van der Waals surface area contributed by atoms with Crippen molar-refractivity contribution in [3.63, 3.8) is 0 Å². The van der Waals surface area contributed by atoms with Gasteiger partial charge in [0.25, 0.3) is 0 Å². The first-order valence-corrected chi connectivity index (χ1v) is 8.06. The van der Waals surface area contributed by atoms with Crippen LogP contribution in [0.15, 0.2) is 36.7 Å². The van der Waals surface area contributed by atoms with E-state index in [1.54, 1.807) is 18.1 Å². The number of ether oxygens (including phenoxy) is 1. The van der Waals surface area contributed by atoms with Crippen molar-refractivity contribution in [3.8, 4) is 5.75 Å². The van der Waals surface area contributed by atoms with E-state index in [4.69, 9.17) is 4.74 Å². The second-order valence-electron chi connectivity index (χ2n) is 5.98. The van der Waals surface area contributed by atoms with Gasteiger partial charge >= 0.3 is 0 Å². The Bertz CT molecular complexity index is 793. The molecule has 1 unspecified atom stereocenters. The summed E-state index contributed by atoms with van der Waals surface area (Å²) in [6.45, 7) is 2.56. The molecule has 2 aromatic rings. The van der Waals surface area contributed by atoms with Crippen LogP contribution in [-0.4, -0.2) is 35.4 Å². The van der Waals surface area contributed by atoms with Gasteiger partial charge in [0.05, 0.1) is 25.3 Å². The normalized spacial score (nSPS) is 16.8. The maximum absolute atomic E-state index is 12.4. The molecule has 0 bridgehead atoms. The molecule has 0 saturated carbocycles. The van der Waals surface area contributed by atoms with Gasteiger partial charge in [-0.15, -0.1) is 0 Å². The van der Waals surface area contributed by atoms with Crippen molar-refractivity contribution in [2.24, 2.45) is 5.92 Å². The zero-order valence-corrected chi connectivity index (χ0v) is 14.2. The van der Waals surface area contributed by atoms with Gasteiger partial charge in [0.1, 0.15) is 12.1 Å². The molecule has 0 aliphatic carbocycles. The van der Waals surface area contributed by atoms with Crippen molar-refractivity contribution in [2.45, 2.75) is 19.9 Å². The molecule has 1 fully saturated rings. The number of hydrogen-bond donors (Lipinski definition) is 1. The molecule has 1 aliphatic rings. The predicted molar refractivity (Wildman–Crippen MR) is 92.1 cm³/mol. The maximum Gasteiger partial charge on any atom is 0.227 e. The van der Waals surface area contributed by atoms with Gasteiger partial charge in [0.15, 0.2) is 0 Å². The number of carbonyl (C=O) groups excluding carboxylic acids is 2. The van der Waals surface area contributed by atoms with Crippen LogP contribution in [0, 0.1) is 12.8 Å². The van der Waals surface area contributed by atoms with Crippen molar-refractivity contribution in [1.29, 1.82) is 0 Å². The largest absolute Gasteiger partial charge is 0.497 e. The summed E-state index contributed by atoms with van der Waals surface area (Å²) in [6, 6.07) is 9.10. The molecular weight excluding hydrogens is 320 g/mol. The van der Waals surface area contributed by atoms with E-state index in [9.17, 15) is 9.59 Å². The number of hydrogen-bond acceptors (Lipinski definition) is 5. The fraction of sp³-hybridized carbons (Fsp3) is 0.333. The molecular formula is C18H20N4O3. The lowest BCUT2D eigenvalue weighted by atomic mass is 10.1. The summed E-state index contributed by atoms with van der Waals surface area (Å²) < 4.78 is 5.19. The summed E-state index contributed by atoms with van der Waals surface area (Å²) in [7, 11) is 1.58. The minimum atomic E-state index is -0.373. The molecule has 1 N–H and O–H groups in total. The Hall–Kier alpha value is -2.96. The summed E-state index contributed by atoms with van der Waals surface area (Å²) in [4.78, 5) is 34.5. The van der Waals surface area contributed by atoms with Crippen LogP contribution in [0.25, 0.3) is 0 Å². The van der Waals surface area contributed by atoms with Gasteiger partial charge in [-0.05, 0) is 25.1 Å². The van der Waals surface area contributed by atoms with E-state index in [2.05, 4.69) is 15.3 Å². The Morgan fingerprint density at radius 1 is 1.36 bits per heavy atom. The van der Waals surface area contributed by atoms with Gasteiger partial charge in [-0.25, -0.2) is 9.97 Å². The van der Waals surface area contributed by atoms with E-state index in [-0.39, 0.29) is 24.2 Å². The quantitative estimate of drug-likeness (QED) is 0.891. The number of nitrogens with one attached hydrogen (secondary N) is 1. The van der Waals surface area contributed by atoms with Crippen LogP contribution in [-0.2, 0) is 16.1 Å². The van der Waals surface area contributed by atoms with E-state index in [0.717, 1.165) is 17.1 Å². The number of benzene rings is 1. The summed E-state index contributed by atoms with van der Waals surface area (Å²) in [5, 5.41) is 2.85. The number of carbonyl (C=O) groups is 2. The zero-order valence-electron chi connectivity index (χ0n) is 14.2. The Labute approximate surface area is 146 Å². The molecule has 2 heterocycles. The lowest BCUT2D eigenvalue weighted by Crippen LogP contribution is -2.32. The van der Waals surface area contributed by atoms with Gasteiger partial charge < -0.3 is 15.0 Å². The summed E-state index contributed by atoms with van der Waals surface area (Å²) in [5.74, 6) is 0.0975. The standard InChI is InChI=1S/C18H20N4O3/c1-12-6-14(21-11-20-12)9-19-18(24)13-7-17(23)22(10-13)15-4-3-5-16(8-15)25-2/h3-6,8,11,13H,7,9-10H2,1-2H3,(H,19,24). The highest BCUT2D eigenvalue weighted by Gasteiger charge is 2.35. The van der Waals surface area contributed by atoms with E-state index in [1.807, 2.05) is 31.2 Å². The second kappa shape index (κ2) is 7.29. The molecule has 1 aromatic carbocycles. The van der Waals surface area contributed by atoms with Crippen molar-refractivity contribution in [3.05, 3.63) is 48.0 Å². The van der Waals surface area contributed by atoms with Crippen molar-refractivity contribution in [2.75, 3.05) is 18.6 Å². The predicted octanol–water partition coefficient (Wildman–Crippen LogP) is 1.46. The van der Waals surface area contributed by atoms with E-state index < -0.39 is 0 Å². The average molecular weight is 340 g/mol. The number of rotatable bonds is 5. The molecule has 7 heteroatoms. The minimum absolute atomic E-state index is 0.0636. The molecule has 2 amide bonds. The third-order valence-corrected chi connectivity index (χ3v) is 4.16. The molecule has 0 spiro atoms. The maximum atomic E-state index is 12.4. The summed E-state index contributed by atoms with van der Waals surface area (Å²) in [5.41, 5.74) is 2.33. The van der Waals surface area contributed by atoms with E-state index in [0.29, 0.717) is 18.8 Å². The molecule has 0 radical (unpaired) electrons. The minimum Gasteiger partial charge on any atom is -0.497 e.